The third kappa shape index (κ3) is 6.14. The van der Waals surface area contributed by atoms with Crippen LogP contribution >= 0.6 is 0 Å². The molecule has 1 heterocycles. The van der Waals surface area contributed by atoms with E-state index in [-0.39, 0.29) is 7.21 Å². The first-order valence-corrected chi connectivity index (χ1v) is 6.77. The van der Waals surface area contributed by atoms with Gasteiger partial charge in [0.2, 0.25) is 0 Å². The summed E-state index contributed by atoms with van der Waals surface area (Å²) >= 11 is 0. The highest BCUT2D eigenvalue weighted by molar-refractivity contribution is 5.95. The van der Waals surface area contributed by atoms with Crippen molar-refractivity contribution in [1.29, 1.82) is 0 Å². The number of hydrogen-bond acceptors (Lipinski definition) is 2. The van der Waals surface area contributed by atoms with Crippen LogP contribution in [0.5, 0.6) is 0 Å². The number of aromatic amines is 1. The largest absolute Gasteiger partial charge is 0.293 e. The number of hydrogen-bond donors (Lipinski definition) is 1. The molecule has 0 bridgehead atoms. The Kier molecular flexibility index (Phi) is 8.68. The number of ketones is 1. The Hall–Kier alpha value is -2.16. The smallest absolute Gasteiger partial charge is 0.178 e. The van der Waals surface area contributed by atoms with Gasteiger partial charge in [-0.05, 0) is 19.4 Å². The summed E-state index contributed by atoms with van der Waals surface area (Å²) in [6, 6.07) is 0. The van der Waals surface area contributed by atoms with Crippen LogP contribution in [0.25, 0.3) is 6.08 Å². The summed E-state index contributed by atoms with van der Waals surface area (Å²) in [6.45, 7) is 13.2. The zero-order chi connectivity index (χ0) is 15.5. The van der Waals surface area contributed by atoms with Crippen molar-refractivity contribution in [3.63, 3.8) is 0 Å². The molecule has 0 aliphatic rings. The van der Waals surface area contributed by atoms with Gasteiger partial charge in [0.05, 0.1) is 6.20 Å². The number of carbonyl (C=O) groups is 1. The molecule has 0 aromatic carbocycles. The summed E-state index contributed by atoms with van der Waals surface area (Å²) < 4.78 is 0. The Morgan fingerprint density at radius 1 is 1.30 bits per heavy atom. The van der Waals surface area contributed by atoms with Crippen LogP contribution in [0.2, 0.25) is 0 Å². The fourth-order valence-electron chi connectivity index (χ4n) is 1.38. The summed E-state index contributed by atoms with van der Waals surface area (Å²) in [5.41, 5.74) is 3.38. The fraction of sp³-hybridized carbons (Fsp3) is 0.294. The third-order valence-electron chi connectivity index (χ3n) is 2.37. The van der Waals surface area contributed by atoms with Crippen LogP contribution in [-0.4, -0.2) is 16.0 Å². The van der Waals surface area contributed by atoms with Gasteiger partial charge >= 0.3 is 0 Å². The van der Waals surface area contributed by atoms with E-state index < -0.39 is 0 Å². The van der Waals surface area contributed by atoms with Crippen LogP contribution in [0.4, 0.5) is 0 Å². The Balaban J connectivity index is 0. The van der Waals surface area contributed by atoms with Crippen molar-refractivity contribution in [2.45, 2.75) is 34.6 Å². The zero-order valence-corrected chi connectivity index (χ0v) is 13.0. The molecule has 1 aromatic heterocycles. The lowest BCUT2D eigenvalue weighted by Gasteiger charge is -1.94. The Morgan fingerprint density at radius 3 is 2.45 bits per heavy atom. The lowest BCUT2D eigenvalue weighted by Crippen LogP contribution is -1.94. The predicted octanol–water partition coefficient (Wildman–Crippen LogP) is 4.98. The van der Waals surface area contributed by atoms with Gasteiger partial charge in [0.25, 0.3) is 0 Å². The summed E-state index contributed by atoms with van der Waals surface area (Å²) in [5.74, 6) is -0.0216. The second kappa shape index (κ2) is 9.73. The molecule has 0 spiro atoms. The molecule has 0 saturated carbocycles. The molecule has 0 aliphatic heterocycles. The van der Waals surface area contributed by atoms with Crippen LogP contribution in [0, 0.1) is 0 Å². The first-order chi connectivity index (χ1) is 9.54. The molecule has 0 amide bonds. The number of H-pyrrole nitrogens is 1. The number of aromatic nitrogens is 2. The van der Waals surface area contributed by atoms with Crippen molar-refractivity contribution in [2.24, 2.45) is 0 Å². The number of rotatable bonds is 5. The quantitative estimate of drug-likeness (QED) is 0.608. The molecule has 1 rings (SSSR count). The lowest BCUT2D eigenvalue weighted by atomic mass is 10.1. The summed E-state index contributed by atoms with van der Waals surface area (Å²) in [4.78, 5) is 11.3. The SMILES string of the molecule is C=C(C)\C=C/C(/C=C/c1cn[nH]c1C(C)=O)=C\C.CC.[HH]. The van der Waals surface area contributed by atoms with E-state index in [0.717, 1.165) is 16.7 Å². The molecule has 0 fully saturated rings. The van der Waals surface area contributed by atoms with Crippen LogP contribution in [-0.2, 0) is 0 Å². The molecule has 0 radical (unpaired) electrons. The third-order valence-corrected chi connectivity index (χ3v) is 2.37. The van der Waals surface area contributed by atoms with E-state index >= 15 is 0 Å². The minimum absolute atomic E-state index is 0. The van der Waals surface area contributed by atoms with E-state index in [4.69, 9.17) is 0 Å². The highest BCUT2D eigenvalue weighted by Crippen LogP contribution is 2.11. The molecule has 20 heavy (non-hydrogen) atoms. The Bertz CT molecular complexity index is 537. The molecule has 3 heteroatoms. The number of nitrogens with zero attached hydrogens (tertiary/aromatic N) is 1. The monoisotopic (exact) mass is 274 g/mol. The van der Waals surface area contributed by atoms with Crippen LogP contribution in [0.3, 0.4) is 0 Å². The van der Waals surface area contributed by atoms with Gasteiger partial charge in [0.15, 0.2) is 5.78 Å². The number of carbonyl (C=O) groups excluding carboxylic acids is 1. The van der Waals surface area contributed by atoms with Gasteiger partial charge in [0, 0.05) is 13.9 Å². The van der Waals surface area contributed by atoms with E-state index in [1.54, 1.807) is 6.20 Å². The van der Waals surface area contributed by atoms with Gasteiger partial charge in [-0.25, -0.2) is 0 Å². The highest BCUT2D eigenvalue weighted by Gasteiger charge is 2.05. The highest BCUT2D eigenvalue weighted by atomic mass is 16.1. The van der Waals surface area contributed by atoms with E-state index in [9.17, 15) is 4.79 Å². The normalized spacial score (nSPS) is 11.6. The summed E-state index contributed by atoms with van der Waals surface area (Å²) in [5, 5.41) is 6.57. The first kappa shape index (κ1) is 17.8. The maximum atomic E-state index is 11.3. The molecule has 110 valence electrons. The van der Waals surface area contributed by atoms with Gasteiger partial charge < -0.3 is 0 Å². The fourth-order valence-corrected chi connectivity index (χ4v) is 1.38. The lowest BCUT2D eigenvalue weighted by molar-refractivity contribution is 0.101. The zero-order valence-electron chi connectivity index (χ0n) is 13.0. The van der Waals surface area contributed by atoms with Crippen molar-refractivity contribution in [3.8, 4) is 0 Å². The second-order valence-corrected chi connectivity index (χ2v) is 4.06. The molecule has 1 N–H and O–H groups in total. The topological polar surface area (TPSA) is 45.8 Å². The van der Waals surface area contributed by atoms with Crippen molar-refractivity contribution < 1.29 is 6.22 Å². The first-order valence-electron chi connectivity index (χ1n) is 6.77. The second-order valence-electron chi connectivity index (χ2n) is 4.06. The van der Waals surface area contributed by atoms with Gasteiger partial charge in [-0.3, -0.25) is 9.89 Å². The summed E-state index contributed by atoms with van der Waals surface area (Å²) in [7, 11) is 0. The summed E-state index contributed by atoms with van der Waals surface area (Å²) in [6.07, 6.45) is 11.4. The number of allylic oxidation sites excluding steroid dienone is 6. The maximum absolute atomic E-state index is 11.3. The van der Waals surface area contributed by atoms with Gasteiger partial charge in [0.1, 0.15) is 5.69 Å². The molecule has 1 aromatic rings. The average Bonchev–Trinajstić information content (AvgIpc) is 2.89. The minimum atomic E-state index is -0.0216. The van der Waals surface area contributed by atoms with Crippen molar-refractivity contribution in [2.75, 3.05) is 0 Å². The minimum Gasteiger partial charge on any atom is -0.293 e. The maximum Gasteiger partial charge on any atom is 0.178 e. The Labute approximate surface area is 123 Å². The van der Waals surface area contributed by atoms with Crippen molar-refractivity contribution in [3.05, 3.63) is 59.5 Å². The number of Topliss-reactive ketones (excluding diaryl/α,β-unsaturated/α-hetero) is 1. The van der Waals surface area contributed by atoms with Crippen molar-refractivity contribution >= 4 is 11.9 Å². The molecular formula is C17H26N2O. The van der Waals surface area contributed by atoms with Crippen LogP contribution in [0.1, 0.15) is 52.1 Å². The van der Waals surface area contributed by atoms with Gasteiger partial charge in [-0.2, -0.15) is 5.10 Å². The van der Waals surface area contributed by atoms with Crippen molar-refractivity contribution in [1.82, 2.24) is 10.2 Å². The average molecular weight is 274 g/mol. The standard InChI is InChI=1S/C15H18N2O.C2H6.H2/c1-5-13(7-6-11(2)3)8-9-14-10-16-17-15(14)12(4)18;1-2;/h5-10H,2H2,1,3-4H3,(H,16,17);1-2H3;1H/b7-6-,9-8+,13-5+;;. The molecule has 0 atom stereocenters. The molecule has 3 nitrogen and oxygen atoms in total. The van der Waals surface area contributed by atoms with E-state index in [1.165, 1.54) is 6.92 Å². The predicted molar refractivity (Wildman–Crippen MR) is 88.8 cm³/mol. The molecule has 0 unspecified atom stereocenters. The molecular weight excluding hydrogens is 248 g/mol. The number of nitrogens with one attached hydrogen (secondary N) is 1. The van der Waals surface area contributed by atoms with Crippen LogP contribution < -0.4 is 0 Å². The molecule has 0 saturated heterocycles. The van der Waals surface area contributed by atoms with E-state index in [0.29, 0.717) is 5.69 Å². The van der Waals surface area contributed by atoms with E-state index in [1.807, 2.05) is 58.1 Å². The van der Waals surface area contributed by atoms with Gasteiger partial charge in [-0.1, -0.05) is 56.4 Å². The Morgan fingerprint density at radius 2 is 1.95 bits per heavy atom. The molecule has 0 aliphatic carbocycles. The van der Waals surface area contributed by atoms with Crippen LogP contribution in [0.15, 0.2) is 48.2 Å². The van der Waals surface area contributed by atoms with Gasteiger partial charge in [-0.15, -0.1) is 0 Å². The van der Waals surface area contributed by atoms with E-state index in [2.05, 4.69) is 16.8 Å².